The van der Waals surface area contributed by atoms with Gasteiger partial charge in [-0.3, -0.25) is 4.90 Å². The molecule has 0 bridgehead atoms. The highest BCUT2D eigenvalue weighted by atomic mass is 32.1. The van der Waals surface area contributed by atoms with E-state index in [9.17, 15) is 0 Å². The van der Waals surface area contributed by atoms with Gasteiger partial charge in [0.15, 0.2) is 0 Å². The molecule has 4 rings (SSSR count). The Hall–Kier alpha value is -2.28. The van der Waals surface area contributed by atoms with E-state index < -0.39 is 0 Å². The van der Waals surface area contributed by atoms with Gasteiger partial charge in [0, 0.05) is 35.0 Å². The second-order valence-electron chi connectivity index (χ2n) is 6.64. The summed E-state index contributed by atoms with van der Waals surface area (Å²) in [4.78, 5) is 9.43. The molecule has 0 radical (unpaired) electrons. The number of hydrogen-bond donors (Lipinski definition) is 0. The number of thiophene rings is 1. The summed E-state index contributed by atoms with van der Waals surface area (Å²) in [6, 6.07) is 14.3. The minimum atomic E-state index is 0.279. The fourth-order valence-electron chi connectivity index (χ4n) is 3.26. The molecule has 1 aliphatic rings. The van der Waals surface area contributed by atoms with Gasteiger partial charge >= 0.3 is 0 Å². The maximum atomic E-state index is 5.79. The SMILES string of the molecule is C=CCN(Cc1nc(-c2ccccc2)no1)Cc1ccc([C@@H]2CCCO2)s1. The van der Waals surface area contributed by atoms with Gasteiger partial charge in [0.25, 0.3) is 0 Å². The normalized spacial score (nSPS) is 16.9. The van der Waals surface area contributed by atoms with E-state index in [1.54, 1.807) is 0 Å². The Balaban J connectivity index is 1.42. The Kier molecular flexibility index (Phi) is 5.77. The van der Waals surface area contributed by atoms with Crippen LogP contribution in [-0.2, 0) is 17.8 Å². The Morgan fingerprint density at radius 2 is 2.07 bits per heavy atom. The van der Waals surface area contributed by atoms with Crippen molar-refractivity contribution in [1.29, 1.82) is 0 Å². The van der Waals surface area contributed by atoms with Crippen molar-refractivity contribution in [1.82, 2.24) is 15.0 Å². The third-order valence-electron chi connectivity index (χ3n) is 4.56. The predicted octanol–water partition coefficient (Wildman–Crippen LogP) is 4.84. The highest BCUT2D eigenvalue weighted by molar-refractivity contribution is 7.12. The molecular weight excluding hydrogens is 358 g/mol. The summed E-state index contributed by atoms with van der Waals surface area (Å²) in [5.41, 5.74) is 0.960. The molecule has 0 amide bonds. The quantitative estimate of drug-likeness (QED) is 0.523. The average molecular weight is 382 g/mol. The van der Waals surface area contributed by atoms with Gasteiger partial charge in [0.1, 0.15) is 0 Å². The van der Waals surface area contributed by atoms with Crippen molar-refractivity contribution in [3.05, 3.63) is 70.8 Å². The van der Waals surface area contributed by atoms with Gasteiger partial charge < -0.3 is 9.26 Å². The largest absolute Gasteiger partial charge is 0.373 e. The van der Waals surface area contributed by atoms with Gasteiger partial charge in [-0.05, 0) is 25.0 Å². The first kappa shape index (κ1) is 18.1. The minimum Gasteiger partial charge on any atom is -0.373 e. The molecule has 140 valence electrons. The van der Waals surface area contributed by atoms with E-state index in [2.05, 4.69) is 33.8 Å². The molecule has 1 saturated heterocycles. The molecule has 1 aromatic carbocycles. The summed E-state index contributed by atoms with van der Waals surface area (Å²) in [6.45, 7) is 6.94. The number of benzene rings is 1. The van der Waals surface area contributed by atoms with Crippen LogP contribution in [0.25, 0.3) is 11.4 Å². The zero-order chi connectivity index (χ0) is 18.5. The molecule has 0 saturated carbocycles. The van der Waals surface area contributed by atoms with Crippen LogP contribution in [0, 0.1) is 0 Å². The maximum Gasteiger partial charge on any atom is 0.241 e. The Morgan fingerprint density at radius 1 is 1.19 bits per heavy atom. The molecular formula is C21H23N3O2S. The minimum absolute atomic E-state index is 0.279. The Morgan fingerprint density at radius 3 is 2.85 bits per heavy atom. The lowest BCUT2D eigenvalue weighted by atomic mass is 10.2. The third kappa shape index (κ3) is 4.53. The first-order valence-electron chi connectivity index (χ1n) is 9.23. The molecule has 2 aromatic heterocycles. The lowest BCUT2D eigenvalue weighted by Gasteiger charge is -2.17. The van der Waals surface area contributed by atoms with Gasteiger partial charge in [0.05, 0.1) is 12.6 Å². The van der Waals surface area contributed by atoms with E-state index in [0.717, 1.165) is 38.1 Å². The molecule has 27 heavy (non-hydrogen) atoms. The van der Waals surface area contributed by atoms with Crippen molar-refractivity contribution in [2.75, 3.05) is 13.2 Å². The second-order valence-corrected chi connectivity index (χ2v) is 7.84. The molecule has 3 heterocycles. The molecule has 3 aromatic rings. The van der Waals surface area contributed by atoms with Crippen LogP contribution in [0.2, 0.25) is 0 Å². The zero-order valence-corrected chi connectivity index (χ0v) is 16.0. The molecule has 0 spiro atoms. The molecule has 0 N–H and O–H groups in total. The van der Waals surface area contributed by atoms with Crippen molar-refractivity contribution in [3.63, 3.8) is 0 Å². The van der Waals surface area contributed by atoms with E-state index in [1.165, 1.54) is 9.75 Å². The van der Waals surface area contributed by atoms with Crippen LogP contribution in [-0.4, -0.2) is 28.2 Å². The smallest absolute Gasteiger partial charge is 0.241 e. The van der Waals surface area contributed by atoms with Crippen molar-refractivity contribution >= 4 is 11.3 Å². The number of nitrogens with zero attached hydrogens (tertiary/aromatic N) is 3. The number of ether oxygens (including phenoxy) is 1. The Labute approximate surface area is 163 Å². The van der Waals surface area contributed by atoms with E-state index in [0.29, 0.717) is 18.3 Å². The van der Waals surface area contributed by atoms with Gasteiger partial charge in [-0.25, -0.2) is 0 Å². The fraction of sp³-hybridized carbons (Fsp3) is 0.333. The van der Waals surface area contributed by atoms with Crippen molar-refractivity contribution < 1.29 is 9.26 Å². The molecule has 5 nitrogen and oxygen atoms in total. The molecule has 1 fully saturated rings. The van der Waals surface area contributed by atoms with Crippen LogP contribution >= 0.6 is 11.3 Å². The van der Waals surface area contributed by atoms with Crippen LogP contribution in [0.3, 0.4) is 0 Å². The van der Waals surface area contributed by atoms with Crippen LogP contribution in [0.5, 0.6) is 0 Å². The summed E-state index contributed by atoms with van der Waals surface area (Å²) in [6.07, 6.45) is 4.46. The summed E-state index contributed by atoms with van der Waals surface area (Å²) < 4.78 is 11.3. The Bertz CT molecular complexity index is 868. The molecule has 6 heteroatoms. The lowest BCUT2D eigenvalue weighted by molar-refractivity contribution is 0.114. The fourth-order valence-corrected chi connectivity index (χ4v) is 4.40. The van der Waals surface area contributed by atoms with E-state index in [1.807, 2.05) is 47.7 Å². The lowest BCUT2D eigenvalue weighted by Crippen LogP contribution is -2.22. The summed E-state index contributed by atoms with van der Waals surface area (Å²) in [5.74, 6) is 1.24. The molecule has 0 aliphatic carbocycles. The van der Waals surface area contributed by atoms with Crippen LogP contribution < -0.4 is 0 Å². The monoisotopic (exact) mass is 381 g/mol. The predicted molar refractivity (Wildman–Crippen MR) is 106 cm³/mol. The van der Waals surface area contributed by atoms with Gasteiger partial charge in [-0.1, -0.05) is 41.6 Å². The van der Waals surface area contributed by atoms with Crippen LogP contribution in [0.15, 0.2) is 59.6 Å². The van der Waals surface area contributed by atoms with Gasteiger partial charge in [-0.15, -0.1) is 17.9 Å². The van der Waals surface area contributed by atoms with Crippen molar-refractivity contribution in [2.24, 2.45) is 0 Å². The van der Waals surface area contributed by atoms with Crippen LogP contribution in [0.1, 0.15) is 34.6 Å². The summed E-state index contributed by atoms with van der Waals surface area (Å²) in [5, 5.41) is 4.11. The average Bonchev–Trinajstić information content (AvgIpc) is 3.44. The third-order valence-corrected chi connectivity index (χ3v) is 5.72. The van der Waals surface area contributed by atoms with Gasteiger partial charge in [0.2, 0.25) is 11.7 Å². The van der Waals surface area contributed by atoms with E-state index in [4.69, 9.17) is 9.26 Å². The first-order valence-corrected chi connectivity index (χ1v) is 10.0. The van der Waals surface area contributed by atoms with Crippen molar-refractivity contribution in [3.8, 4) is 11.4 Å². The topological polar surface area (TPSA) is 51.4 Å². The summed E-state index contributed by atoms with van der Waals surface area (Å²) >= 11 is 1.83. The zero-order valence-electron chi connectivity index (χ0n) is 15.2. The van der Waals surface area contributed by atoms with Gasteiger partial charge in [-0.2, -0.15) is 4.98 Å². The highest BCUT2D eigenvalue weighted by Crippen LogP contribution is 2.33. The first-order chi connectivity index (χ1) is 13.3. The van der Waals surface area contributed by atoms with E-state index in [-0.39, 0.29) is 6.10 Å². The molecule has 1 atom stereocenters. The van der Waals surface area contributed by atoms with Crippen molar-refractivity contribution in [2.45, 2.75) is 32.0 Å². The van der Waals surface area contributed by atoms with E-state index >= 15 is 0 Å². The van der Waals surface area contributed by atoms with Crippen LogP contribution in [0.4, 0.5) is 0 Å². The second kappa shape index (κ2) is 8.61. The number of hydrogen-bond acceptors (Lipinski definition) is 6. The maximum absolute atomic E-state index is 5.79. The molecule has 1 aliphatic heterocycles. The number of rotatable bonds is 8. The molecule has 0 unspecified atom stereocenters. The standard InChI is InChI=1S/C21H23N3O2S/c1-2-12-24(14-17-10-11-19(27-17)18-9-6-13-25-18)15-20-22-21(23-26-20)16-7-4-3-5-8-16/h2-5,7-8,10-11,18H,1,6,9,12-15H2/t18-/m0/s1. The highest BCUT2D eigenvalue weighted by Gasteiger charge is 2.20. The summed E-state index contributed by atoms with van der Waals surface area (Å²) in [7, 11) is 0. The number of aromatic nitrogens is 2.